The van der Waals surface area contributed by atoms with Crippen molar-refractivity contribution in [2.75, 3.05) is 5.75 Å². The molecule has 156 valence electrons. The Kier molecular flexibility index (Phi) is 6.85. The summed E-state index contributed by atoms with van der Waals surface area (Å²) in [6.45, 7) is 2.72. The van der Waals surface area contributed by atoms with Gasteiger partial charge >= 0.3 is 0 Å². The number of hydrogen-bond donors (Lipinski definition) is 0. The first-order valence-corrected chi connectivity index (χ1v) is 11.5. The Morgan fingerprint density at radius 1 is 0.903 bits per heavy atom. The number of halogens is 1. The number of thioether (sulfide) groups is 1. The Labute approximate surface area is 191 Å². The standard InChI is InChI=1S/C25H22ClN3OS/c1-2-18-8-10-20(11-9-18)23(30)17-31-25-28-27-24(21-12-14-22(26)15-13-21)29(25)16-19-6-4-3-5-7-19/h3-15H,2,16-17H2,1H3. The van der Waals surface area contributed by atoms with Crippen LogP contribution >= 0.6 is 23.4 Å². The van der Waals surface area contributed by atoms with Gasteiger partial charge in [0.15, 0.2) is 16.8 Å². The van der Waals surface area contributed by atoms with Crippen molar-refractivity contribution in [2.24, 2.45) is 0 Å². The summed E-state index contributed by atoms with van der Waals surface area (Å²) < 4.78 is 2.05. The van der Waals surface area contributed by atoms with Crippen molar-refractivity contribution in [3.05, 3.63) is 101 Å². The number of carbonyl (C=O) groups excluding carboxylic acids is 1. The van der Waals surface area contributed by atoms with Gasteiger partial charge in [0.1, 0.15) is 0 Å². The molecular weight excluding hydrogens is 426 g/mol. The Morgan fingerprint density at radius 3 is 2.29 bits per heavy atom. The van der Waals surface area contributed by atoms with Gasteiger partial charge in [-0.15, -0.1) is 10.2 Å². The molecule has 1 heterocycles. The summed E-state index contributed by atoms with van der Waals surface area (Å²) in [7, 11) is 0. The van der Waals surface area contributed by atoms with E-state index in [2.05, 4.69) is 33.8 Å². The zero-order chi connectivity index (χ0) is 21.6. The highest BCUT2D eigenvalue weighted by Crippen LogP contribution is 2.27. The molecule has 0 saturated carbocycles. The maximum atomic E-state index is 12.7. The topological polar surface area (TPSA) is 47.8 Å². The highest BCUT2D eigenvalue weighted by atomic mass is 35.5. The third kappa shape index (κ3) is 5.24. The van der Waals surface area contributed by atoms with Crippen molar-refractivity contribution >= 4 is 29.1 Å². The van der Waals surface area contributed by atoms with Gasteiger partial charge in [-0.05, 0) is 41.8 Å². The van der Waals surface area contributed by atoms with Gasteiger partial charge in [0, 0.05) is 16.1 Å². The minimum Gasteiger partial charge on any atom is -0.298 e. The van der Waals surface area contributed by atoms with Crippen LogP contribution in [0.5, 0.6) is 0 Å². The normalized spacial score (nSPS) is 10.9. The molecule has 31 heavy (non-hydrogen) atoms. The molecule has 0 fully saturated rings. The summed E-state index contributed by atoms with van der Waals surface area (Å²) in [5.41, 5.74) is 4.01. The molecule has 0 spiro atoms. The van der Waals surface area contributed by atoms with Gasteiger partial charge in [0.05, 0.1) is 12.3 Å². The van der Waals surface area contributed by atoms with Gasteiger partial charge < -0.3 is 0 Å². The van der Waals surface area contributed by atoms with Gasteiger partial charge in [-0.25, -0.2) is 0 Å². The van der Waals surface area contributed by atoms with E-state index in [-0.39, 0.29) is 5.78 Å². The van der Waals surface area contributed by atoms with E-state index in [4.69, 9.17) is 11.6 Å². The van der Waals surface area contributed by atoms with Crippen LogP contribution in [0.25, 0.3) is 11.4 Å². The first kappa shape index (κ1) is 21.3. The number of aryl methyl sites for hydroxylation is 1. The maximum absolute atomic E-state index is 12.7. The molecule has 6 heteroatoms. The smallest absolute Gasteiger partial charge is 0.192 e. The third-order valence-corrected chi connectivity index (χ3v) is 6.24. The molecule has 0 amide bonds. The number of Topliss-reactive ketones (excluding diaryl/α,β-unsaturated/α-hetero) is 1. The number of nitrogens with zero attached hydrogens (tertiary/aromatic N) is 3. The molecule has 0 aliphatic heterocycles. The van der Waals surface area contributed by atoms with Crippen molar-refractivity contribution < 1.29 is 4.79 Å². The molecular formula is C25H22ClN3OS. The minimum absolute atomic E-state index is 0.0787. The van der Waals surface area contributed by atoms with E-state index in [1.807, 2.05) is 66.7 Å². The molecule has 0 saturated heterocycles. The summed E-state index contributed by atoms with van der Waals surface area (Å²) in [4.78, 5) is 12.7. The Balaban J connectivity index is 1.58. The first-order valence-electron chi connectivity index (χ1n) is 10.1. The van der Waals surface area contributed by atoms with Crippen LogP contribution in [0, 0.1) is 0 Å². The zero-order valence-corrected chi connectivity index (χ0v) is 18.7. The Bertz CT molecular complexity index is 1160. The zero-order valence-electron chi connectivity index (χ0n) is 17.2. The molecule has 4 rings (SSSR count). The van der Waals surface area contributed by atoms with E-state index in [9.17, 15) is 4.79 Å². The maximum Gasteiger partial charge on any atom is 0.192 e. The lowest BCUT2D eigenvalue weighted by atomic mass is 10.1. The van der Waals surface area contributed by atoms with Crippen molar-refractivity contribution in [3.63, 3.8) is 0 Å². The second-order valence-electron chi connectivity index (χ2n) is 7.15. The molecule has 0 aliphatic carbocycles. The van der Waals surface area contributed by atoms with Crippen LogP contribution in [0.2, 0.25) is 5.02 Å². The summed E-state index contributed by atoms with van der Waals surface area (Å²) in [5.74, 6) is 1.14. The SMILES string of the molecule is CCc1ccc(C(=O)CSc2nnc(-c3ccc(Cl)cc3)n2Cc2ccccc2)cc1. The highest BCUT2D eigenvalue weighted by Gasteiger charge is 2.17. The van der Waals surface area contributed by atoms with Crippen LogP contribution in [-0.4, -0.2) is 26.3 Å². The summed E-state index contributed by atoms with van der Waals surface area (Å²) >= 11 is 7.46. The van der Waals surface area contributed by atoms with Crippen LogP contribution in [0.1, 0.15) is 28.4 Å². The molecule has 1 aromatic heterocycles. The molecule has 4 nitrogen and oxygen atoms in total. The predicted molar refractivity (Wildman–Crippen MR) is 127 cm³/mol. The van der Waals surface area contributed by atoms with Gasteiger partial charge in [-0.2, -0.15) is 0 Å². The number of hydrogen-bond acceptors (Lipinski definition) is 4. The van der Waals surface area contributed by atoms with E-state index in [1.165, 1.54) is 17.3 Å². The predicted octanol–water partition coefficient (Wildman–Crippen LogP) is 6.18. The van der Waals surface area contributed by atoms with Gasteiger partial charge in [0.2, 0.25) is 0 Å². The number of aromatic nitrogens is 3. The van der Waals surface area contributed by atoms with Crippen LogP contribution in [0.15, 0.2) is 84.0 Å². The van der Waals surface area contributed by atoms with E-state index in [0.29, 0.717) is 22.5 Å². The Hall–Kier alpha value is -2.89. The average Bonchev–Trinajstić information content (AvgIpc) is 3.21. The minimum atomic E-state index is 0.0787. The van der Waals surface area contributed by atoms with Gasteiger partial charge in [0.25, 0.3) is 0 Å². The molecule has 0 unspecified atom stereocenters. The highest BCUT2D eigenvalue weighted by molar-refractivity contribution is 7.99. The first-order chi connectivity index (χ1) is 15.1. The second kappa shape index (κ2) is 9.94. The quantitative estimate of drug-likeness (QED) is 0.239. The van der Waals surface area contributed by atoms with Crippen LogP contribution in [0.3, 0.4) is 0 Å². The average molecular weight is 448 g/mol. The van der Waals surface area contributed by atoms with Crippen LogP contribution in [0.4, 0.5) is 0 Å². The fourth-order valence-corrected chi connectivity index (χ4v) is 4.21. The lowest BCUT2D eigenvalue weighted by Crippen LogP contribution is -2.07. The molecule has 4 aromatic rings. The molecule has 0 radical (unpaired) electrons. The summed E-state index contributed by atoms with van der Waals surface area (Å²) in [6, 6.07) is 25.5. The van der Waals surface area contributed by atoms with Gasteiger partial charge in [-0.1, -0.05) is 84.9 Å². The molecule has 0 bridgehead atoms. The van der Waals surface area contributed by atoms with Crippen molar-refractivity contribution in [1.29, 1.82) is 0 Å². The number of rotatable bonds is 8. The van der Waals surface area contributed by atoms with E-state index in [0.717, 1.165) is 28.9 Å². The van der Waals surface area contributed by atoms with Crippen molar-refractivity contribution in [1.82, 2.24) is 14.8 Å². The van der Waals surface area contributed by atoms with E-state index in [1.54, 1.807) is 0 Å². The third-order valence-electron chi connectivity index (χ3n) is 5.02. The molecule has 0 N–H and O–H groups in total. The van der Waals surface area contributed by atoms with E-state index < -0.39 is 0 Å². The number of carbonyl (C=O) groups is 1. The summed E-state index contributed by atoms with van der Waals surface area (Å²) in [5, 5.41) is 10.2. The van der Waals surface area contributed by atoms with Crippen LogP contribution < -0.4 is 0 Å². The van der Waals surface area contributed by atoms with Crippen molar-refractivity contribution in [3.8, 4) is 11.4 Å². The molecule has 3 aromatic carbocycles. The fourth-order valence-electron chi connectivity index (χ4n) is 3.26. The largest absolute Gasteiger partial charge is 0.298 e. The molecule has 0 atom stereocenters. The van der Waals surface area contributed by atoms with Crippen LogP contribution in [-0.2, 0) is 13.0 Å². The monoisotopic (exact) mass is 447 g/mol. The second-order valence-corrected chi connectivity index (χ2v) is 8.53. The fraction of sp³-hybridized carbons (Fsp3) is 0.160. The van der Waals surface area contributed by atoms with E-state index >= 15 is 0 Å². The number of ketones is 1. The lowest BCUT2D eigenvalue weighted by molar-refractivity contribution is 0.102. The lowest BCUT2D eigenvalue weighted by Gasteiger charge is -2.10. The summed E-state index contributed by atoms with van der Waals surface area (Å²) in [6.07, 6.45) is 0.958. The van der Waals surface area contributed by atoms with Gasteiger partial charge in [-0.3, -0.25) is 9.36 Å². The van der Waals surface area contributed by atoms with Crippen molar-refractivity contribution in [2.45, 2.75) is 25.0 Å². The number of benzene rings is 3. The molecule has 0 aliphatic rings. The Morgan fingerprint density at radius 2 is 1.61 bits per heavy atom.